The first-order valence-corrected chi connectivity index (χ1v) is 6.19. The molecule has 3 unspecified atom stereocenters. The molecule has 1 aromatic rings. The van der Waals surface area contributed by atoms with Crippen molar-refractivity contribution >= 4 is 11.7 Å². The summed E-state index contributed by atoms with van der Waals surface area (Å²) in [5, 5.41) is 11.5. The second-order valence-corrected chi connectivity index (χ2v) is 4.98. The molecular weight excluding hydrogens is 256 g/mol. The van der Waals surface area contributed by atoms with Crippen LogP contribution >= 0.6 is 0 Å². The lowest BCUT2D eigenvalue weighted by Crippen LogP contribution is -2.31. The van der Waals surface area contributed by atoms with E-state index in [2.05, 4.69) is 5.32 Å². The summed E-state index contributed by atoms with van der Waals surface area (Å²) in [6.45, 7) is 0. The smallest absolute Gasteiger partial charge is 0.335 e. The molecule has 2 aliphatic heterocycles. The molecule has 2 saturated heterocycles. The van der Waals surface area contributed by atoms with Gasteiger partial charge in [0.05, 0.1) is 23.8 Å². The van der Waals surface area contributed by atoms with Crippen LogP contribution in [0.2, 0.25) is 0 Å². The molecule has 3 atom stereocenters. The molecule has 2 heterocycles. The fourth-order valence-corrected chi connectivity index (χ4v) is 2.81. The van der Waals surface area contributed by atoms with Crippen molar-refractivity contribution in [2.75, 3.05) is 5.32 Å². The van der Waals surface area contributed by atoms with Crippen molar-refractivity contribution in [2.24, 2.45) is 0 Å². The summed E-state index contributed by atoms with van der Waals surface area (Å²) in [6.07, 6.45) is 2.77. The number of nitrogens with one attached hydrogen (secondary N) is 1. The number of ether oxygens (including phenoxy) is 1. The molecule has 0 spiro atoms. The fourth-order valence-electron chi connectivity index (χ4n) is 2.81. The monoisotopic (exact) mass is 269 g/mol. The van der Waals surface area contributed by atoms with Crippen LogP contribution in [0.1, 0.15) is 29.6 Å². The van der Waals surface area contributed by atoms with Gasteiger partial charge in [-0.2, -0.15) is 0 Å². The van der Waals surface area contributed by atoms with Crippen molar-refractivity contribution in [3.8, 4) is 0 Å². The number of halogens is 2. The number of anilines is 1. The molecule has 0 radical (unpaired) electrons. The lowest BCUT2D eigenvalue weighted by molar-refractivity contribution is 0.0695. The van der Waals surface area contributed by atoms with Crippen LogP contribution in [0.5, 0.6) is 0 Å². The molecule has 2 fully saturated rings. The van der Waals surface area contributed by atoms with Crippen LogP contribution in [0.25, 0.3) is 0 Å². The van der Waals surface area contributed by atoms with Crippen molar-refractivity contribution in [2.45, 2.75) is 37.5 Å². The van der Waals surface area contributed by atoms with Gasteiger partial charge in [-0.05, 0) is 31.4 Å². The van der Waals surface area contributed by atoms with E-state index >= 15 is 0 Å². The minimum atomic E-state index is -1.35. The Balaban J connectivity index is 1.83. The predicted molar refractivity (Wildman–Crippen MR) is 63.2 cm³/mol. The Morgan fingerprint density at radius 2 is 2.00 bits per heavy atom. The maximum Gasteiger partial charge on any atom is 0.335 e. The zero-order valence-corrected chi connectivity index (χ0v) is 10.0. The molecule has 2 aliphatic rings. The van der Waals surface area contributed by atoms with E-state index in [1.165, 1.54) is 0 Å². The Labute approximate surface area is 108 Å². The highest BCUT2D eigenvalue weighted by atomic mass is 19.1. The van der Waals surface area contributed by atoms with E-state index in [1.807, 2.05) is 0 Å². The highest BCUT2D eigenvalue weighted by Crippen LogP contribution is 2.36. The van der Waals surface area contributed by atoms with Crippen LogP contribution in [0.15, 0.2) is 12.1 Å². The SMILES string of the molecule is O=C(O)c1cc(F)c(NC2CC3CCC2O3)c(F)c1. The van der Waals surface area contributed by atoms with Crippen LogP contribution < -0.4 is 5.32 Å². The second kappa shape index (κ2) is 4.45. The number of carbonyl (C=O) groups is 1. The van der Waals surface area contributed by atoms with E-state index in [0.29, 0.717) is 0 Å². The molecule has 1 aromatic carbocycles. The third-order valence-corrected chi connectivity index (χ3v) is 3.72. The van der Waals surface area contributed by atoms with Gasteiger partial charge in [-0.15, -0.1) is 0 Å². The van der Waals surface area contributed by atoms with Crippen LogP contribution in [0.3, 0.4) is 0 Å². The van der Waals surface area contributed by atoms with Gasteiger partial charge in [-0.1, -0.05) is 0 Å². The summed E-state index contributed by atoms with van der Waals surface area (Å²) in [7, 11) is 0. The summed E-state index contributed by atoms with van der Waals surface area (Å²) in [5.74, 6) is -3.13. The number of aromatic carboxylic acids is 1. The number of carboxylic acids is 1. The number of rotatable bonds is 3. The molecular formula is C13H13F2NO3. The van der Waals surface area contributed by atoms with Gasteiger partial charge in [0.25, 0.3) is 0 Å². The Hall–Kier alpha value is -1.69. The zero-order valence-electron chi connectivity index (χ0n) is 10.0. The van der Waals surface area contributed by atoms with Gasteiger partial charge in [-0.25, -0.2) is 13.6 Å². The summed E-state index contributed by atoms with van der Waals surface area (Å²) in [6, 6.07) is 1.53. The maximum absolute atomic E-state index is 13.8. The second-order valence-electron chi connectivity index (χ2n) is 4.98. The average Bonchev–Trinajstić information content (AvgIpc) is 2.95. The third-order valence-electron chi connectivity index (χ3n) is 3.72. The number of benzene rings is 1. The number of hydrogen-bond donors (Lipinski definition) is 2. The van der Waals surface area contributed by atoms with E-state index < -0.39 is 23.2 Å². The third kappa shape index (κ3) is 2.16. The van der Waals surface area contributed by atoms with Gasteiger partial charge >= 0.3 is 5.97 Å². The van der Waals surface area contributed by atoms with E-state index in [1.54, 1.807) is 0 Å². The zero-order chi connectivity index (χ0) is 13.6. The van der Waals surface area contributed by atoms with E-state index in [0.717, 1.165) is 31.4 Å². The number of hydrogen-bond acceptors (Lipinski definition) is 3. The molecule has 0 aliphatic carbocycles. The summed E-state index contributed by atoms with van der Waals surface area (Å²) in [5.41, 5.74) is -0.670. The quantitative estimate of drug-likeness (QED) is 0.884. The molecule has 0 amide bonds. The molecule has 6 heteroatoms. The largest absolute Gasteiger partial charge is 0.478 e. The number of fused-ring (bicyclic) bond motifs is 2. The Morgan fingerprint density at radius 3 is 2.47 bits per heavy atom. The lowest BCUT2D eigenvalue weighted by atomic mass is 9.95. The number of carboxylic acid groups (broad SMARTS) is 1. The molecule has 0 saturated carbocycles. The molecule has 3 rings (SSSR count). The fraction of sp³-hybridized carbons (Fsp3) is 0.462. The normalized spacial score (nSPS) is 28.6. The van der Waals surface area contributed by atoms with Crippen molar-refractivity contribution < 1.29 is 23.4 Å². The van der Waals surface area contributed by atoms with Gasteiger partial charge < -0.3 is 15.2 Å². The average molecular weight is 269 g/mol. The van der Waals surface area contributed by atoms with Crippen molar-refractivity contribution in [1.82, 2.24) is 0 Å². The lowest BCUT2D eigenvalue weighted by Gasteiger charge is -2.22. The van der Waals surface area contributed by atoms with E-state index in [-0.39, 0.29) is 23.9 Å². The van der Waals surface area contributed by atoms with Gasteiger partial charge in [0.2, 0.25) is 0 Å². The minimum absolute atomic E-state index is 0.0112. The van der Waals surface area contributed by atoms with Crippen molar-refractivity contribution in [3.05, 3.63) is 29.3 Å². The highest BCUT2D eigenvalue weighted by Gasteiger charge is 2.41. The molecule has 4 nitrogen and oxygen atoms in total. The Bertz CT molecular complexity index is 512. The van der Waals surface area contributed by atoms with Crippen LogP contribution in [0, 0.1) is 11.6 Å². The summed E-state index contributed by atoms with van der Waals surface area (Å²) in [4.78, 5) is 10.7. The predicted octanol–water partition coefficient (Wildman–Crippen LogP) is 2.39. The first-order chi connectivity index (χ1) is 9.04. The first-order valence-electron chi connectivity index (χ1n) is 6.19. The van der Waals surface area contributed by atoms with Crippen LogP contribution in [0.4, 0.5) is 14.5 Å². The van der Waals surface area contributed by atoms with E-state index in [9.17, 15) is 13.6 Å². The minimum Gasteiger partial charge on any atom is -0.478 e. The topological polar surface area (TPSA) is 58.6 Å². The van der Waals surface area contributed by atoms with Gasteiger partial charge in [0.15, 0.2) is 0 Å². The molecule has 2 N–H and O–H groups in total. The highest BCUT2D eigenvalue weighted by molar-refractivity contribution is 5.88. The van der Waals surface area contributed by atoms with Crippen LogP contribution in [-0.4, -0.2) is 29.3 Å². The van der Waals surface area contributed by atoms with Gasteiger partial charge in [0, 0.05) is 0 Å². The molecule has 19 heavy (non-hydrogen) atoms. The molecule has 102 valence electrons. The van der Waals surface area contributed by atoms with Crippen molar-refractivity contribution in [3.63, 3.8) is 0 Å². The standard InChI is InChI=1S/C13H13F2NO3/c14-8-3-6(13(17)18)4-9(15)12(8)16-10-5-7-1-2-11(10)19-7/h3-4,7,10-11,16H,1-2,5H2,(H,17,18). The Kier molecular flexibility index (Phi) is 2.89. The van der Waals surface area contributed by atoms with Gasteiger partial charge in [0.1, 0.15) is 17.3 Å². The molecule has 2 bridgehead atoms. The maximum atomic E-state index is 13.8. The first kappa shape index (κ1) is 12.3. The summed E-state index contributed by atoms with van der Waals surface area (Å²) >= 11 is 0. The van der Waals surface area contributed by atoms with Crippen LogP contribution in [-0.2, 0) is 4.74 Å². The van der Waals surface area contributed by atoms with Crippen molar-refractivity contribution in [1.29, 1.82) is 0 Å². The summed E-state index contributed by atoms with van der Waals surface area (Å²) < 4.78 is 33.1. The Morgan fingerprint density at radius 1 is 1.32 bits per heavy atom. The van der Waals surface area contributed by atoms with E-state index in [4.69, 9.17) is 9.84 Å². The molecule has 0 aromatic heterocycles. The van der Waals surface area contributed by atoms with Gasteiger partial charge in [-0.3, -0.25) is 0 Å².